The summed E-state index contributed by atoms with van der Waals surface area (Å²) in [6, 6.07) is 5.48. The van der Waals surface area contributed by atoms with Gasteiger partial charge in [-0.2, -0.15) is 0 Å². The van der Waals surface area contributed by atoms with Crippen molar-refractivity contribution in [2.45, 2.75) is 39.2 Å². The van der Waals surface area contributed by atoms with Gasteiger partial charge in [0.1, 0.15) is 12.4 Å². The molecule has 2 N–H and O–H groups in total. The summed E-state index contributed by atoms with van der Waals surface area (Å²) < 4.78 is 5.56. The summed E-state index contributed by atoms with van der Waals surface area (Å²) >= 11 is 0. The number of carbonyl (C=O) groups is 1. The highest BCUT2D eigenvalue weighted by Crippen LogP contribution is 2.48. The van der Waals surface area contributed by atoms with Crippen molar-refractivity contribution in [1.82, 2.24) is 5.32 Å². The number of nitrogens with one attached hydrogen (secondary N) is 1. The Bertz CT molecular complexity index is 553. The summed E-state index contributed by atoms with van der Waals surface area (Å²) in [6.07, 6.45) is 2.81. The van der Waals surface area contributed by atoms with Crippen LogP contribution in [0.5, 0.6) is 5.75 Å². The number of hydrogen-bond acceptors (Lipinski definition) is 3. The molecule has 2 aliphatic rings. The summed E-state index contributed by atoms with van der Waals surface area (Å²) in [4.78, 5) is 12.1. The van der Waals surface area contributed by atoms with Crippen molar-refractivity contribution in [2.75, 3.05) is 13.2 Å². The molecular formula is C17H23NO3. The Labute approximate surface area is 125 Å². The molecule has 0 radical (unpaired) electrons. The highest BCUT2D eigenvalue weighted by atomic mass is 16.5. The van der Waals surface area contributed by atoms with Crippen molar-refractivity contribution in [1.29, 1.82) is 0 Å². The molecule has 1 aliphatic carbocycles. The quantitative estimate of drug-likeness (QED) is 0.880. The second-order valence-corrected chi connectivity index (χ2v) is 6.79. The van der Waals surface area contributed by atoms with Crippen LogP contribution in [0.25, 0.3) is 0 Å². The van der Waals surface area contributed by atoms with E-state index in [-0.39, 0.29) is 17.2 Å². The van der Waals surface area contributed by atoms with Crippen LogP contribution in [0, 0.1) is 11.3 Å². The molecule has 2 unspecified atom stereocenters. The van der Waals surface area contributed by atoms with Gasteiger partial charge in [-0.1, -0.05) is 26.3 Å². The van der Waals surface area contributed by atoms with Gasteiger partial charge < -0.3 is 15.2 Å². The van der Waals surface area contributed by atoms with Crippen LogP contribution >= 0.6 is 0 Å². The van der Waals surface area contributed by atoms with Gasteiger partial charge in [0.05, 0.1) is 18.2 Å². The van der Waals surface area contributed by atoms with Crippen molar-refractivity contribution in [3.8, 4) is 5.75 Å². The zero-order valence-electron chi connectivity index (χ0n) is 12.7. The first-order valence-electron chi connectivity index (χ1n) is 7.72. The number of amides is 1. The van der Waals surface area contributed by atoms with E-state index in [1.807, 2.05) is 6.07 Å². The fraction of sp³-hybridized carbons (Fsp3) is 0.588. The van der Waals surface area contributed by atoms with Crippen LogP contribution in [0.1, 0.15) is 55.1 Å². The van der Waals surface area contributed by atoms with Crippen molar-refractivity contribution >= 4 is 5.91 Å². The average molecular weight is 289 g/mol. The first-order chi connectivity index (χ1) is 9.99. The molecule has 1 amide bonds. The fourth-order valence-corrected chi connectivity index (χ4v) is 3.63. The third-order valence-corrected chi connectivity index (χ3v) is 4.96. The highest BCUT2D eigenvalue weighted by Gasteiger charge is 2.39. The van der Waals surface area contributed by atoms with Gasteiger partial charge in [-0.05, 0) is 41.9 Å². The van der Waals surface area contributed by atoms with Gasteiger partial charge in [0.2, 0.25) is 0 Å². The predicted octanol–water partition coefficient (Wildman–Crippen LogP) is 2.67. The summed E-state index contributed by atoms with van der Waals surface area (Å²) in [5.74, 6) is 0.721. The summed E-state index contributed by atoms with van der Waals surface area (Å²) in [5.41, 5.74) is 1.49. The maximum atomic E-state index is 12.1. The van der Waals surface area contributed by atoms with Crippen molar-refractivity contribution in [3.05, 3.63) is 29.3 Å². The van der Waals surface area contributed by atoms with E-state index in [0.29, 0.717) is 24.5 Å². The molecule has 0 aromatic heterocycles. The lowest BCUT2D eigenvalue weighted by Gasteiger charge is -2.31. The van der Waals surface area contributed by atoms with E-state index in [2.05, 4.69) is 19.2 Å². The Morgan fingerprint density at radius 1 is 1.43 bits per heavy atom. The van der Waals surface area contributed by atoms with Gasteiger partial charge in [0, 0.05) is 0 Å². The standard InChI is InChI=1S/C17H23NO3/c1-17(2)7-3-4-13(17)15(19)11-5-6-14-12(10-11)16(20)18-8-9-21-14/h5-6,10,13,15,19H,3-4,7-9H2,1-2H3,(H,18,20). The average Bonchev–Trinajstić information content (AvgIpc) is 2.70. The van der Waals surface area contributed by atoms with E-state index in [1.54, 1.807) is 12.1 Å². The van der Waals surface area contributed by atoms with Crippen molar-refractivity contribution in [2.24, 2.45) is 11.3 Å². The molecule has 1 aliphatic heterocycles. The minimum absolute atomic E-state index is 0.123. The molecule has 1 fully saturated rings. The van der Waals surface area contributed by atoms with Gasteiger partial charge in [0.25, 0.3) is 5.91 Å². The van der Waals surface area contributed by atoms with Gasteiger partial charge >= 0.3 is 0 Å². The van der Waals surface area contributed by atoms with Crippen LogP contribution in [0.2, 0.25) is 0 Å². The van der Waals surface area contributed by atoms with Crippen LogP contribution in [0.4, 0.5) is 0 Å². The van der Waals surface area contributed by atoms with Crippen molar-refractivity contribution in [3.63, 3.8) is 0 Å². The first kappa shape index (κ1) is 14.4. The summed E-state index contributed by atoms with van der Waals surface area (Å²) in [5, 5.41) is 13.5. The molecule has 0 saturated heterocycles. The molecular weight excluding hydrogens is 266 g/mol. The van der Waals surface area contributed by atoms with Crippen LogP contribution in [0.15, 0.2) is 18.2 Å². The van der Waals surface area contributed by atoms with Gasteiger partial charge in [0.15, 0.2) is 0 Å². The van der Waals surface area contributed by atoms with Gasteiger partial charge in [-0.25, -0.2) is 0 Å². The lowest BCUT2D eigenvalue weighted by Crippen LogP contribution is -2.25. The molecule has 2 atom stereocenters. The van der Waals surface area contributed by atoms with E-state index >= 15 is 0 Å². The Morgan fingerprint density at radius 2 is 2.24 bits per heavy atom. The third-order valence-electron chi connectivity index (χ3n) is 4.96. The Balaban J connectivity index is 1.91. The monoisotopic (exact) mass is 289 g/mol. The summed E-state index contributed by atoms with van der Waals surface area (Å²) in [7, 11) is 0. The van der Waals surface area contributed by atoms with Gasteiger partial charge in [-0.15, -0.1) is 0 Å². The number of hydrogen-bond donors (Lipinski definition) is 2. The molecule has 1 aromatic rings. The van der Waals surface area contributed by atoms with Gasteiger partial charge in [-0.3, -0.25) is 4.79 Å². The normalized spacial score (nSPS) is 25.5. The maximum absolute atomic E-state index is 12.1. The molecule has 4 heteroatoms. The number of fused-ring (bicyclic) bond motifs is 1. The Hall–Kier alpha value is -1.55. The summed E-state index contributed by atoms with van der Waals surface area (Å²) in [6.45, 7) is 5.43. The zero-order chi connectivity index (χ0) is 15.0. The molecule has 3 rings (SSSR count). The van der Waals surface area contributed by atoms with Crippen molar-refractivity contribution < 1.29 is 14.6 Å². The minimum atomic E-state index is -0.524. The highest BCUT2D eigenvalue weighted by molar-refractivity contribution is 5.97. The van der Waals surface area contributed by atoms with E-state index in [1.165, 1.54) is 0 Å². The molecule has 1 aromatic carbocycles. The van der Waals surface area contributed by atoms with E-state index < -0.39 is 6.10 Å². The largest absolute Gasteiger partial charge is 0.491 e. The number of rotatable bonds is 2. The van der Waals surface area contributed by atoms with E-state index in [4.69, 9.17) is 4.74 Å². The van der Waals surface area contributed by atoms with Crippen LogP contribution in [-0.2, 0) is 0 Å². The molecule has 0 spiro atoms. The minimum Gasteiger partial charge on any atom is -0.491 e. The van der Waals surface area contributed by atoms with Crippen LogP contribution in [0.3, 0.4) is 0 Å². The fourth-order valence-electron chi connectivity index (χ4n) is 3.63. The van der Waals surface area contributed by atoms with Crippen LogP contribution < -0.4 is 10.1 Å². The van der Waals surface area contributed by atoms with Crippen LogP contribution in [-0.4, -0.2) is 24.2 Å². The van der Waals surface area contributed by atoms with E-state index in [9.17, 15) is 9.90 Å². The molecule has 21 heavy (non-hydrogen) atoms. The molecule has 114 valence electrons. The third kappa shape index (κ3) is 2.64. The number of aliphatic hydroxyl groups excluding tert-OH is 1. The molecule has 4 nitrogen and oxygen atoms in total. The lowest BCUT2D eigenvalue weighted by atomic mass is 9.76. The molecule has 1 saturated carbocycles. The second kappa shape index (κ2) is 5.34. The SMILES string of the molecule is CC1(C)CCCC1C(O)c1ccc2c(c1)C(=O)NCCO2. The Kier molecular flexibility index (Phi) is 3.66. The maximum Gasteiger partial charge on any atom is 0.255 e. The number of benzene rings is 1. The number of aliphatic hydroxyl groups is 1. The zero-order valence-corrected chi connectivity index (χ0v) is 12.7. The Morgan fingerprint density at radius 3 is 2.95 bits per heavy atom. The number of carbonyl (C=O) groups excluding carboxylic acids is 1. The molecule has 0 bridgehead atoms. The molecule has 1 heterocycles. The first-order valence-corrected chi connectivity index (χ1v) is 7.72. The second-order valence-electron chi connectivity index (χ2n) is 6.79. The number of ether oxygens (including phenoxy) is 1. The predicted molar refractivity (Wildman–Crippen MR) is 80.4 cm³/mol. The lowest BCUT2D eigenvalue weighted by molar-refractivity contribution is 0.0531. The smallest absolute Gasteiger partial charge is 0.255 e. The van der Waals surface area contributed by atoms with E-state index in [0.717, 1.165) is 24.8 Å². The topological polar surface area (TPSA) is 58.6 Å².